The van der Waals surface area contributed by atoms with Gasteiger partial charge in [-0.15, -0.1) is 0 Å². The van der Waals surface area contributed by atoms with Gasteiger partial charge in [-0.1, -0.05) is 66.7 Å². The molecular weight excluding hydrogens is 404 g/mol. The summed E-state index contributed by atoms with van der Waals surface area (Å²) in [4.78, 5) is 9.71. The Morgan fingerprint density at radius 3 is 2.12 bits per heavy atom. The zero-order valence-corrected chi connectivity index (χ0v) is 17.7. The van der Waals surface area contributed by atoms with Crippen LogP contribution in [0.5, 0.6) is 0 Å². The van der Waals surface area contributed by atoms with Gasteiger partial charge >= 0.3 is 0 Å². The summed E-state index contributed by atoms with van der Waals surface area (Å²) < 4.78 is 6.11. The summed E-state index contributed by atoms with van der Waals surface area (Å²) in [6, 6.07) is 35.4. The maximum absolute atomic E-state index is 6.11. The van der Waals surface area contributed by atoms with Crippen LogP contribution in [-0.4, -0.2) is 9.97 Å². The van der Waals surface area contributed by atoms with E-state index in [1.165, 1.54) is 5.39 Å². The molecule has 7 aromatic rings. The van der Waals surface area contributed by atoms with E-state index in [1.807, 2.05) is 36.5 Å². The van der Waals surface area contributed by atoms with E-state index >= 15 is 0 Å². The number of benzene rings is 4. The van der Waals surface area contributed by atoms with Crippen LogP contribution in [-0.2, 0) is 0 Å². The Morgan fingerprint density at radius 1 is 0.515 bits per heavy atom. The molecule has 3 heterocycles. The maximum atomic E-state index is 6.11. The fourth-order valence-corrected chi connectivity index (χ4v) is 4.74. The number of hydrogen-bond donors (Lipinski definition) is 0. The van der Waals surface area contributed by atoms with E-state index in [4.69, 9.17) is 14.4 Å². The number of para-hydroxylation sites is 2. The zero-order valence-electron chi connectivity index (χ0n) is 17.7. The molecule has 33 heavy (non-hydrogen) atoms. The summed E-state index contributed by atoms with van der Waals surface area (Å²) in [6.45, 7) is 0. The third-order valence-electron chi connectivity index (χ3n) is 6.32. The Labute approximate surface area is 190 Å². The number of furan rings is 1. The van der Waals surface area contributed by atoms with Gasteiger partial charge in [0.2, 0.25) is 0 Å². The van der Waals surface area contributed by atoms with Crippen LogP contribution in [0, 0.1) is 0 Å². The summed E-state index contributed by atoms with van der Waals surface area (Å²) in [6.07, 6.45) is 1.86. The van der Waals surface area contributed by atoms with Gasteiger partial charge in [0.15, 0.2) is 0 Å². The van der Waals surface area contributed by atoms with Gasteiger partial charge in [-0.05, 0) is 52.9 Å². The second-order valence-electron chi connectivity index (χ2n) is 8.26. The molecular formula is C30H18N2O. The van der Waals surface area contributed by atoms with Crippen LogP contribution in [0.3, 0.4) is 0 Å². The highest BCUT2D eigenvalue weighted by Gasteiger charge is 2.13. The Bertz CT molecular complexity index is 1830. The van der Waals surface area contributed by atoms with Crippen LogP contribution in [0.1, 0.15) is 0 Å². The third-order valence-corrected chi connectivity index (χ3v) is 6.32. The molecule has 0 fully saturated rings. The first-order chi connectivity index (χ1) is 16.3. The standard InChI is InChI=1S/C30H18N2O/c1-2-10-25-21(7-1)22-8-3-5-11-26(22)32-30(25)27-17-20(15-16-31-27)19-13-14-24-23-9-4-6-12-28(23)33-29(24)18-19/h1-18H. The molecule has 3 heteroatoms. The van der Waals surface area contributed by atoms with Crippen molar-refractivity contribution >= 4 is 43.6 Å². The normalized spacial score (nSPS) is 11.6. The molecule has 0 aliphatic carbocycles. The molecule has 0 amide bonds. The molecule has 0 saturated carbocycles. The highest BCUT2D eigenvalue weighted by Crippen LogP contribution is 2.35. The van der Waals surface area contributed by atoms with Crippen LogP contribution >= 0.6 is 0 Å². The van der Waals surface area contributed by atoms with Crippen molar-refractivity contribution in [3.8, 4) is 22.5 Å². The number of nitrogens with zero attached hydrogens (tertiary/aromatic N) is 2. The SMILES string of the molecule is c1ccc2c(c1)nc(-c1cc(-c3ccc4c(c3)oc3ccccc34)ccn1)c1ccccc12. The van der Waals surface area contributed by atoms with Gasteiger partial charge in [0.1, 0.15) is 11.2 Å². The summed E-state index contributed by atoms with van der Waals surface area (Å²) in [5.41, 5.74) is 6.71. The van der Waals surface area contributed by atoms with E-state index < -0.39 is 0 Å². The molecule has 0 atom stereocenters. The molecule has 0 spiro atoms. The van der Waals surface area contributed by atoms with Crippen molar-refractivity contribution in [3.63, 3.8) is 0 Å². The lowest BCUT2D eigenvalue weighted by molar-refractivity contribution is 0.669. The number of fused-ring (bicyclic) bond motifs is 6. The lowest BCUT2D eigenvalue weighted by Crippen LogP contribution is -1.92. The summed E-state index contributed by atoms with van der Waals surface area (Å²) in [5.74, 6) is 0. The van der Waals surface area contributed by atoms with Crippen LogP contribution in [0.2, 0.25) is 0 Å². The van der Waals surface area contributed by atoms with E-state index in [0.717, 1.165) is 60.7 Å². The molecule has 0 saturated heterocycles. The first-order valence-electron chi connectivity index (χ1n) is 11.0. The molecule has 7 rings (SSSR count). The molecule has 3 aromatic heterocycles. The molecule has 0 aliphatic rings. The molecule has 0 radical (unpaired) electrons. The molecule has 0 aliphatic heterocycles. The number of rotatable bonds is 2. The monoisotopic (exact) mass is 422 g/mol. The molecule has 0 unspecified atom stereocenters. The predicted octanol–water partition coefficient (Wildman–Crippen LogP) is 8.02. The highest BCUT2D eigenvalue weighted by molar-refractivity contribution is 6.10. The maximum Gasteiger partial charge on any atom is 0.136 e. The number of pyridine rings is 2. The third kappa shape index (κ3) is 2.83. The fourth-order valence-electron chi connectivity index (χ4n) is 4.74. The lowest BCUT2D eigenvalue weighted by Gasteiger charge is -2.10. The molecule has 4 aromatic carbocycles. The van der Waals surface area contributed by atoms with E-state index in [-0.39, 0.29) is 0 Å². The van der Waals surface area contributed by atoms with Crippen molar-refractivity contribution in [2.24, 2.45) is 0 Å². The average Bonchev–Trinajstić information content (AvgIpc) is 3.26. The summed E-state index contributed by atoms with van der Waals surface area (Å²) >= 11 is 0. The minimum absolute atomic E-state index is 0.860. The van der Waals surface area contributed by atoms with Gasteiger partial charge in [0.05, 0.1) is 16.9 Å². The molecule has 154 valence electrons. The van der Waals surface area contributed by atoms with Crippen molar-refractivity contribution < 1.29 is 4.42 Å². The number of aromatic nitrogens is 2. The van der Waals surface area contributed by atoms with Crippen LogP contribution in [0.25, 0.3) is 66.1 Å². The van der Waals surface area contributed by atoms with Gasteiger partial charge in [-0.3, -0.25) is 4.98 Å². The Hall–Kier alpha value is -4.50. The number of hydrogen-bond acceptors (Lipinski definition) is 3. The second kappa shape index (κ2) is 7.01. The summed E-state index contributed by atoms with van der Waals surface area (Å²) in [7, 11) is 0. The van der Waals surface area contributed by atoms with Gasteiger partial charge in [0.25, 0.3) is 0 Å². The second-order valence-corrected chi connectivity index (χ2v) is 8.26. The van der Waals surface area contributed by atoms with Gasteiger partial charge in [-0.25, -0.2) is 4.98 Å². The van der Waals surface area contributed by atoms with E-state index in [1.54, 1.807) is 0 Å². The Balaban J connectivity index is 1.42. The largest absolute Gasteiger partial charge is 0.456 e. The Kier molecular flexibility index (Phi) is 3.84. The predicted molar refractivity (Wildman–Crippen MR) is 135 cm³/mol. The molecule has 3 nitrogen and oxygen atoms in total. The van der Waals surface area contributed by atoms with Crippen LogP contribution < -0.4 is 0 Å². The van der Waals surface area contributed by atoms with Crippen molar-refractivity contribution in [2.75, 3.05) is 0 Å². The van der Waals surface area contributed by atoms with Gasteiger partial charge in [-0.2, -0.15) is 0 Å². The minimum Gasteiger partial charge on any atom is -0.456 e. The van der Waals surface area contributed by atoms with E-state index in [0.29, 0.717) is 0 Å². The minimum atomic E-state index is 0.860. The fraction of sp³-hybridized carbons (Fsp3) is 0. The van der Waals surface area contributed by atoms with E-state index in [2.05, 4.69) is 72.8 Å². The average molecular weight is 422 g/mol. The first-order valence-corrected chi connectivity index (χ1v) is 11.0. The summed E-state index contributed by atoms with van der Waals surface area (Å²) in [5, 5.41) is 5.72. The van der Waals surface area contributed by atoms with Crippen molar-refractivity contribution in [2.45, 2.75) is 0 Å². The quantitative estimate of drug-likeness (QED) is 0.265. The van der Waals surface area contributed by atoms with Gasteiger partial charge < -0.3 is 4.42 Å². The lowest BCUT2D eigenvalue weighted by atomic mass is 10.00. The zero-order chi connectivity index (χ0) is 21.8. The van der Waals surface area contributed by atoms with Gasteiger partial charge in [0, 0.05) is 27.7 Å². The smallest absolute Gasteiger partial charge is 0.136 e. The van der Waals surface area contributed by atoms with Crippen molar-refractivity contribution in [1.82, 2.24) is 9.97 Å². The van der Waals surface area contributed by atoms with Crippen molar-refractivity contribution in [1.29, 1.82) is 0 Å². The van der Waals surface area contributed by atoms with Crippen molar-refractivity contribution in [3.05, 3.63) is 109 Å². The van der Waals surface area contributed by atoms with E-state index in [9.17, 15) is 0 Å². The highest BCUT2D eigenvalue weighted by atomic mass is 16.3. The topological polar surface area (TPSA) is 38.9 Å². The first kappa shape index (κ1) is 18.1. The molecule has 0 bridgehead atoms. The molecule has 0 N–H and O–H groups in total. The Morgan fingerprint density at radius 2 is 1.21 bits per heavy atom. The van der Waals surface area contributed by atoms with Crippen LogP contribution in [0.15, 0.2) is 114 Å². The van der Waals surface area contributed by atoms with Crippen LogP contribution in [0.4, 0.5) is 0 Å².